The average molecular weight is 239 g/mol. The summed E-state index contributed by atoms with van der Waals surface area (Å²) in [5.41, 5.74) is 1.46. The van der Waals surface area contributed by atoms with Crippen molar-refractivity contribution >= 4 is 23.2 Å². The van der Waals surface area contributed by atoms with Gasteiger partial charge in [-0.2, -0.15) is 0 Å². The monoisotopic (exact) mass is 238 g/mol. The molecule has 0 spiro atoms. The number of carbonyl (C=O) groups excluding carboxylic acids is 1. The van der Waals surface area contributed by atoms with Crippen LogP contribution in [0.25, 0.3) is 0 Å². The van der Waals surface area contributed by atoms with Gasteiger partial charge in [-0.25, -0.2) is 0 Å². The molecule has 0 atom stereocenters. The summed E-state index contributed by atoms with van der Waals surface area (Å²) in [6.07, 6.45) is 2.22. The maximum atomic E-state index is 12.2. The van der Waals surface area contributed by atoms with Crippen LogP contribution in [0.4, 0.5) is 5.69 Å². The molecular weight excluding hydrogens is 224 g/mol. The van der Waals surface area contributed by atoms with E-state index in [2.05, 4.69) is 5.32 Å². The molecule has 1 saturated carbocycles. The van der Waals surface area contributed by atoms with Crippen molar-refractivity contribution in [3.63, 3.8) is 0 Å². The predicted molar refractivity (Wildman–Crippen MR) is 66.1 cm³/mol. The molecule has 1 aliphatic rings. The lowest BCUT2D eigenvalue weighted by Gasteiger charge is -2.18. The Balaban J connectivity index is 2.30. The van der Waals surface area contributed by atoms with Gasteiger partial charge in [0.25, 0.3) is 5.91 Å². The maximum Gasteiger partial charge on any atom is 0.255 e. The second-order valence-corrected chi connectivity index (χ2v) is 4.52. The summed E-state index contributed by atoms with van der Waals surface area (Å²) < 4.78 is 0. The van der Waals surface area contributed by atoms with Gasteiger partial charge in [0.05, 0.1) is 5.56 Å². The Kier molecular flexibility index (Phi) is 3.06. The van der Waals surface area contributed by atoms with Crippen LogP contribution in [0.2, 0.25) is 5.02 Å². The molecule has 1 aromatic rings. The summed E-state index contributed by atoms with van der Waals surface area (Å²) in [5.74, 6) is 0.0364. The Bertz CT molecular complexity index is 415. The third-order valence-corrected chi connectivity index (χ3v) is 3.13. The van der Waals surface area contributed by atoms with Gasteiger partial charge >= 0.3 is 0 Å². The summed E-state index contributed by atoms with van der Waals surface area (Å²) in [7, 11) is 3.65. The Hall–Kier alpha value is -1.22. The van der Waals surface area contributed by atoms with Gasteiger partial charge in [0.1, 0.15) is 0 Å². The minimum atomic E-state index is 0.0364. The lowest BCUT2D eigenvalue weighted by atomic mass is 10.1. The summed E-state index contributed by atoms with van der Waals surface area (Å²) in [6, 6.07) is 5.74. The summed E-state index contributed by atoms with van der Waals surface area (Å²) in [4.78, 5) is 14.0. The van der Waals surface area contributed by atoms with Crippen LogP contribution in [-0.2, 0) is 0 Å². The van der Waals surface area contributed by atoms with Crippen LogP contribution in [0.3, 0.4) is 0 Å². The highest BCUT2D eigenvalue weighted by molar-refractivity contribution is 6.31. The van der Waals surface area contributed by atoms with Gasteiger partial charge in [0.15, 0.2) is 0 Å². The van der Waals surface area contributed by atoms with E-state index in [9.17, 15) is 4.79 Å². The molecule has 0 unspecified atom stereocenters. The Labute approximate surface area is 100 Å². The van der Waals surface area contributed by atoms with Crippen LogP contribution in [0.15, 0.2) is 18.2 Å². The zero-order chi connectivity index (χ0) is 11.7. The summed E-state index contributed by atoms with van der Waals surface area (Å²) >= 11 is 5.92. The molecule has 0 aliphatic heterocycles. The van der Waals surface area contributed by atoms with Crippen LogP contribution < -0.4 is 5.32 Å². The highest BCUT2D eigenvalue weighted by atomic mass is 35.5. The van der Waals surface area contributed by atoms with E-state index in [0.717, 1.165) is 18.5 Å². The fraction of sp³-hybridized carbons (Fsp3) is 0.417. The molecule has 4 heteroatoms. The number of nitrogens with one attached hydrogen (secondary N) is 1. The van der Waals surface area contributed by atoms with Gasteiger partial charge in [-0.1, -0.05) is 11.6 Å². The third-order valence-electron chi connectivity index (χ3n) is 2.90. The Morgan fingerprint density at radius 1 is 1.50 bits per heavy atom. The van der Waals surface area contributed by atoms with Crippen molar-refractivity contribution in [1.82, 2.24) is 4.90 Å². The standard InChI is InChI=1S/C12H15ClN2O/c1-14-11-6-3-8(13)7-10(11)12(16)15(2)9-4-5-9/h3,6-7,9,14H,4-5H2,1-2H3. The van der Waals surface area contributed by atoms with Crippen molar-refractivity contribution < 1.29 is 4.79 Å². The van der Waals surface area contributed by atoms with Gasteiger partial charge < -0.3 is 10.2 Å². The van der Waals surface area contributed by atoms with Crippen molar-refractivity contribution in [2.24, 2.45) is 0 Å². The molecule has 1 fully saturated rings. The molecular formula is C12H15ClN2O. The topological polar surface area (TPSA) is 32.3 Å². The molecule has 1 amide bonds. The zero-order valence-corrected chi connectivity index (χ0v) is 10.2. The molecule has 1 aliphatic carbocycles. The molecule has 1 N–H and O–H groups in total. The Morgan fingerprint density at radius 3 is 2.75 bits per heavy atom. The van der Waals surface area contributed by atoms with Crippen LogP contribution in [-0.4, -0.2) is 30.9 Å². The van der Waals surface area contributed by atoms with E-state index in [1.807, 2.05) is 13.1 Å². The highest BCUT2D eigenvalue weighted by Crippen LogP contribution is 2.29. The number of anilines is 1. The largest absolute Gasteiger partial charge is 0.387 e. The SMILES string of the molecule is CNc1ccc(Cl)cc1C(=O)N(C)C1CC1. The van der Waals surface area contributed by atoms with Gasteiger partial charge in [-0.15, -0.1) is 0 Å². The highest BCUT2D eigenvalue weighted by Gasteiger charge is 2.30. The fourth-order valence-electron chi connectivity index (χ4n) is 1.73. The van der Waals surface area contributed by atoms with E-state index in [4.69, 9.17) is 11.6 Å². The average Bonchev–Trinajstić information content (AvgIpc) is 3.11. The molecule has 0 radical (unpaired) electrons. The van der Waals surface area contributed by atoms with E-state index in [1.54, 1.807) is 24.1 Å². The molecule has 2 rings (SSSR count). The van der Waals surface area contributed by atoms with Crippen LogP contribution in [0.1, 0.15) is 23.2 Å². The molecule has 1 aromatic carbocycles. The zero-order valence-electron chi connectivity index (χ0n) is 9.46. The van der Waals surface area contributed by atoms with Crippen molar-refractivity contribution in [2.75, 3.05) is 19.4 Å². The number of carbonyl (C=O) groups is 1. The van der Waals surface area contributed by atoms with Crippen molar-refractivity contribution in [3.8, 4) is 0 Å². The van der Waals surface area contributed by atoms with Crippen LogP contribution >= 0.6 is 11.6 Å². The van der Waals surface area contributed by atoms with Crippen molar-refractivity contribution in [1.29, 1.82) is 0 Å². The number of amides is 1. The third kappa shape index (κ3) is 2.14. The second-order valence-electron chi connectivity index (χ2n) is 4.09. The first-order valence-corrected chi connectivity index (χ1v) is 5.75. The fourth-order valence-corrected chi connectivity index (χ4v) is 1.90. The van der Waals surface area contributed by atoms with E-state index < -0.39 is 0 Å². The van der Waals surface area contributed by atoms with E-state index in [1.165, 1.54) is 0 Å². The molecule has 0 saturated heterocycles. The number of halogens is 1. The molecule has 0 bridgehead atoms. The van der Waals surface area contributed by atoms with Gasteiger partial charge in [0, 0.05) is 30.8 Å². The predicted octanol–water partition coefficient (Wildman–Crippen LogP) is 2.62. The van der Waals surface area contributed by atoms with E-state index >= 15 is 0 Å². The second kappa shape index (κ2) is 4.34. The first-order chi connectivity index (χ1) is 7.63. The number of hydrogen-bond donors (Lipinski definition) is 1. The van der Waals surface area contributed by atoms with Gasteiger partial charge in [-0.05, 0) is 31.0 Å². The molecule has 3 nitrogen and oxygen atoms in total. The molecule has 86 valence electrons. The summed E-state index contributed by atoms with van der Waals surface area (Å²) in [5, 5.41) is 3.60. The maximum absolute atomic E-state index is 12.2. The number of benzene rings is 1. The number of hydrogen-bond acceptors (Lipinski definition) is 2. The lowest BCUT2D eigenvalue weighted by Crippen LogP contribution is -2.29. The van der Waals surface area contributed by atoms with E-state index in [-0.39, 0.29) is 5.91 Å². The minimum absolute atomic E-state index is 0.0364. The first kappa shape index (κ1) is 11.3. The van der Waals surface area contributed by atoms with Gasteiger partial charge in [-0.3, -0.25) is 4.79 Å². The van der Waals surface area contributed by atoms with Crippen molar-refractivity contribution in [2.45, 2.75) is 18.9 Å². The Morgan fingerprint density at radius 2 is 2.19 bits per heavy atom. The number of rotatable bonds is 3. The minimum Gasteiger partial charge on any atom is -0.387 e. The normalized spacial score (nSPS) is 14.7. The van der Waals surface area contributed by atoms with Crippen molar-refractivity contribution in [3.05, 3.63) is 28.8 Å². The van der Waals surface area contributed by atoms with E-state index in [0.29, 0.717) is 16.6 Å². The smallest absolute Gasteiger partial charge is 0.255 e. The van der Waals surface area contributed by atoms with Crippen LogP contribution in [0, 0.1) is 0 Å². The van der Waals surface area contributed by atoms with Gasteiger partial charge in [0.2, 0.25) is 0 Å². The molecule has 0 aromatic heterocycles. The lowest BCUT2D eigenvalue weighted by molar-refractivity contribution is 0.0786. The summed E-state index contributed by atoms with van der Waals surface area (Å²) in [6.45, 7) is 0. The number of nitrogens with zero attached hydrogens (tertiary/aromatic N) is 1. The first-order valence-electron chi connectivity index (χ1n) is 5.38. The molecule has 16 heavy (non-hydrogen) atoms. The quantitative estimate of drug-likeness (QED) is 0.878. The molecule has 0 heterocycles. The van der Waals surface area contributed by atoms with Crippen LogP contribution in [0.5, 0.6) is 0 Å².